The van der Waals surface area contributed by atoms with Gasteiger partial charge in [0.15, 0.2) is 11.6 Å². The lowest BCUT2D eigenvalue weighted by atomic mass is 10.1. The number of benzene rings is 3. The zero-order valence-electron chi connectivity index (χ0n) is 23.3. The predicted octanol–water partition coefficient (Wildman–Crippen LogP) is 5.31. The van der Waals surface area contributed by atoms with Crippen molar-refractivity contribution in [3.8, 4) is 39.8 Å². The molecule has 216 valence electrons. The van der Waals surface area contributed by atoms with Crippen molar-refractivity contribution in [1.82, 2.24) is 24.4 Å². The molecular formula is C31H26N6O5S. The Morgan fingerprint density at radius 3 is 2.44 bits per heavy atom. The number of ether oxygens (including phenoxy) is 2. The quantitative estimate of drug-likeness (QED) is 0.154. The third kappa shape index (κ3) is 5.60. The molecule has 3 aromatic carbocycles. The molecule has 6 aromatic rings. The Morgan fingerprint density at radius 1 is 0.977 bits per heavy atom. The summed E-state index contributed by atoms with van der Waals surface area (Å²) in [5.41, 5.74) is 2.67. The predicted molar refractivity (Wildman–Crippen MR) is 164 cm³/mol. The van der Waals surface area contributed by atoms with Crippen molar-refractivity contribution in [2.45, 2.75) is 20.3 Å². The molecule has 0 unspecified atom stereocenters. The smallest absolute Gasteiger partial charge is 0.311 e. The van der Waals surface area contributed by atoms with E-state index in [1.807, 2.05) is 61.5 Å². The standard InChI is InChI=1S/C31H26N6O5S/c1-3-16-42-24-13-10-20(11-14-24)29-32-31-36(34-29)30(38)27(43-31)18-22-19-35(23-8-6-5-7-9-23)33-28(22)21-12-15-26(41-4-2)25(17-21)37(39)40/h5-15,17-19H,3-4,16H2,1-2H3. The Kier molecular flexibility index (Phi) is 7.67. The van der Waals surface area contributed by atoms with Gasteiger partial charge in [-0.3, -0.25) is 14.9 Å². The van der Waals surface area contributed by atoms with Crippen LogP contribution in [0, 0.1) is 10.1 Å². The summed E-state index contributed by atoms with van der Waals surface area (Å²) in [6, 6.07) is 21.6. The summed E-state index contributed by atoms with van der Waals surface area (Å²) in [5.74, 6) is 1.38. The van der Waals surface area contributed by atoms with E-state index in [2.05, 4.69) is 10.1 Å². The van der Waals surface area contributed by atoms with Crippen molar-refractivity contribution in [3.05, 3.63) is 110 Å². The number of nitrogens with zero attached hydrogens (tertiary/aromatic N) is 6. The average molecular weight is 595 g/mol. The molecule has 3 heterocycles. The van der Waals surface area contributed by atoms with Gasteiger partial charge in [-0.2, -0.15) is 14.6 Å². The molecule has 0 aliphatic carbocycles. The SMILES string of the molecule is CCCOc1ccc(-c2nc3sc(=Cc4cn(-c5ccccc5)nc4-c4ccc(OCC)c([N+](=O)[O-])c4)c(=O)n3n2)cc1. The van der Waals surface area contributed by atoms with Gasteiger partial charge in [0, 0.05) is 29.0 Å². The number of thiazole rings is 1. The molecule has 11 nitrogen and oxygen atoms in total. The Balaban J connectivity index is 1.43. The van der Waals surface area contributed by atoms with Crippen LogP contribution in [-0.4, -0.2) is 42.5 Å². The summed E-state index contributed by atoms with van der Waals surface area (Å²) in [6.07, 6.45) is 4.42. The highest BCUT2D eigenvalue weighted by molar-refractivity contribution is 7.15. The van der Waals surface area contributed by atoms with Gasteiger partial charge in [-0.15, -0.1) is 5.10 Å². The van der Waals surface area contributed by atoms with Crippen molar-refractivity contribution in [2.75, 3.05) is 13.2 Å². The van der Waals surface area contributed by atoms with Crippen LogP contribution in [0.4, 0.5) is 5.69 Å². The van der Waals surface area contributed by atoms with E-state index in [9.17, 15) is 14.9 Å². The van der Waals surface area contributed by atoms with Gasteiger partial charge in [-0.25, -0.2) is 4.68 Å². The highest BCUT2D eigenvalue weighted by Gasteiger charge is 2.20. The third-order valence-electron chi connectivity index (χ3n) is 6.55. The first-order valence-corrected chi connectivity index (χ1v) is 14.5. The fraction of sp³-hybridized carbons (Fsp3) is 0.161. The molecule has 0 spiro atoms. The van der Waals surface area contributed by atoms with Crippen LogP contribution in [0.2, 0.25) is 0 Å². The van der Waals surface area contributed by atoms with Crippen LogP contribution in [0.1, 0.15) is 25.8 Å². The summed E-state index contributed by atoms with van der Waals surface area (Å²) < 4.78 is 14.5. The van der Waals surface area contributed by atoms with Crippen molar-refractivity contribution >= 4 is 28.1 Å². The maximum absolute atomic E-state index is 13.4. The summed E-state index contributed by atoms with van der Waals surface area (Å²) in [7, 11) is 0. The zero-order valence-corrected chi connectivity index (χ0v) is 24.2. The van der Waals surface area contributed by atoms with Crippen molar-refractivity contribution in [1.29, 1.82) is 0 Å². The van der Waals surface area contributed by atoms with E-state index in [1.54, 1.807) is 36.0 Å². The number of hydrogen-bond donors (Lipinski definition) is 0. The molecule has 12 heteroatoms. The lowest BCUT2D eigenvalue weighted by Crippen LogP contribution is -2.23. The van der Waals surface area contributed by atoms with Gasteiger partial charge >= 0.3 is 5.69 Å². The first-order chi connectivity index (χ1) is 20.9. The van der Waals surface area contributed by atoms with E-state index in [-0.39, 0.29) is 17.0 Å². The van der Waals surface area contributed by atoms with Gasteiger partial charge in [0.25, 0.3) is 5.56 Å². The van der Waals surface area contributed by atoms with Gasteiger partial charge < -0.3 is 9.47 Å². The number of aromatic nitrogens is 5. The fourth-order valence-electron chi connectivity index (χ4n) is 4.53. The molecule has 0 saturated heterocycles. The number of fused-ring (bicyclic) bond motifs is 1. The van der Waals surface area contributed by atoms with Crippen LogP contribution in [-0.2, 0) is 0 Å². The minimum absolute atomic E-state index is 0.166. The fourth-order valence-corrected chi connectivity index (χ4v) is 5.43. The molecule has 0 bridgehead atoms. The van der Waals surface area contributed by atoms with E-state index < -0.39 is 4.92 Å². The van der Waals surface area contributed by atoms with Gasteiger partial charge in [-0.05, 0) is 68.0 Å². The first kappa shape index (κ1) is 27.8. The van der Waals surface area contributed by atoms with Crippen LogP contribution in [0.3, 0.4) is 0 Å². The maximum Gasteiger partial charge on any atom is 0.311 e. The largest absolute Gasteiger partial charge is 0.494 e. The average Bonchev–Trinajstić information content (AvgIpc) is 3.72. The minimum Gasteiger partial charge on any atom is -0.494 e. The topological polar surface area (TPSA) is 127 Å². The highest BCUT2D eigenvalue weighted by atomic mass is 32.1. The number of nitro groups is 1. The lowest BCUT2D eigenvalue weighted by molar-refractivity contribution is -0.385. The number of hydrogen-bond acceptors (Lipinski definition) is 9. The van der Waals surface area contributed by atoms with Crippen molar-refractivity contribution < 1.29 is 14.4 Å². The molecule has 0 N–H and O–H groups in total. The summed E-state index contributed by atoms with van der Waals surface area (Å²) in [4.78, 5) is 29.8. The van der Waals surface area contributed by atoms with Crippen molar-refractivity contribution in [2.24, 2.45) is 0 Å². The molecule has 0 amide bonds. The van der Waals surface area contributed by atoms with Crippen LogP contribution < -0.4 is 19.6 Å². The number of rotatable bonds is 10. The molecule has 0 aliphatic heterocycles. The Labute approximate surface area is 249 Å². The van der Waals surface area contributed by atoms with Crippen LogP contribution >= 0.6 is 11.3 Å². The third-order valence-corrected chi connectivity index (χ3v) is 7.51. The second-order valence-corrected chi connectivity index (χ2v) is 10.5. The van der Waals surface area contributed by atoms with Gasteiger partial charge in [0.2, 0.25) is 4.96 Å². The van der Waals surface area contributed by atoms with E-state index in [4.69, 9.17) is 14.6 Å². The van der Waals surface area contributed by atoms with E-state index in [0.717, 1.165) is 23.4 Å². The van der Waals surface area contributed by atoms with Crippen molar-refractivity contribution in [3.63, 3.8) is 0 Å². The molecule has 3 aromatic heterocycles. The van der Waals surface area contributed by atoms with Gasteiger partial charge in [-0.1, -0.05) is 36.5 Å². The summed E-state index contributed by atoms with van der Waals surface area (Å²) >= 11 is 1.21. The first-order valence-electron chi connectivity index (χ1n) is 13.7. The highest BCUT2D eigenvalue weighted by Crippen LogP contribution is 2.34. The maximum atomic E-state index is 13.4. The van der Waals surface area contributed by atoms with Gasteiger partial charge in [0.05, 0.1) is 28.4 Å². The molecule has 43 heavy (non-hydrogen) atoms. The normalized spacial score (nSPS) is 11.7. The van der Waals surface area contributed by atoms with Crippen LogP contribution in [0.15, 0.2) is 83.8 Å². The Bertz CT molecular complexity index is 2030. The molecule has 0 radical (unpaired) electrons. The number of para-hydroxylation sites is 1. The lowest BCUT2D eigenvalue weighted by Gasteiger charge is -2.06. The number of nitro benzene ring substituents is 1. The second kappa shape index (κ2) is 11.9. The molecule has 0 aliphatic rings. The molecule has 0 fully saturated rings. The van der Waals surface area contributed by atoms with E-state index in [1.165, 1.54) is 21.9 Å². The van der Waals surface area contributed by atoms with Crippen LogP contribution in [0.5, 0.6) is 11.5 Å². The summed E-state index contributed by atoms with van der Waals surface area (Å²) in [6.45, 7) is 4.74. The molecule has 0 atom stereocenters. The second-order valence-electron chi connectivity index (χ2n) is 9.50. The van der Waals surface area contributed by atoms with Crippen LogP contribution in [0.25, 0.3) is 39.4 Å². The minimum atomic E-state index is -0.481. The Hall–Kier alpha value is -5.36. The van der Waals surface area contributed by atoms with Gasteiger partial charge in [0.1, 0.15) is 11.4 Å². The molecular weight excluding hydrogens is 568 g/mol. The summed E-state index contributed by atoms with van der Waals surface area (Å²) in [5, 5.41) is 21.0. The molecule has 0 saturated carbocycles. The zero-order chi connectivity index (χ0) is 29.9. The van der Waals surface area contributed by atoms with E-state index >= 15 is 0 Å². The van der Waals surface area contributed by atoms with E-state index in [0.29, 0.717) is 45.4 Å². The Morgan fingerprint density at radius 2 is 1.74 bits per heavy atom. The molecule has 6 rings (SSSR count). The monoisotopic (exact) mass is 594 g/mol.